The smallest absolute Gasteiger partial charge is 0.285 e. The molecule has 0 bridgehead atoms. The summed E-state index contributed by atoms with van der Waals surface area (Å²) in [4.78, 5) is 20.8. The Balaban J connectivity index is 3.49. The van der Waals surface area contributed by atoms with Crippen LogP contribution in [0, 0.1) is 10.1 Å². The summed E-state index contributed by atoms with van der Waals surface area (Å²) in [5.41, 5.74) is 0.858. The first kappa shape index (κ1) is 6.79. The summed E-state index contributed by atoms with van der Waals surface area (Å²) in [6.07, 6.45) is -1.76. The first-order valence-electron chi connectivity index (χ1n) is 1.42. The summed E-state index contributed by atoms with van der Waals surface area (Å²) in [6, 6.07) is 0. The third kappa shape index (κ3) is 2.05. The Hall–Kier alpha value is -1.21. The predicted molar refractivity (Wildman–Crippen MR) is 18.4 cm³/mol. The molecule has 7 nitrogen and oxygen atoms in total. The average molecular weight is 122 g/mol. The Kier molecular flexibility index (Phi) is 2.45. The highest BCUT2D eigenvalue weighted by atomic mass is 16.9. The van der Waals surface area contributed by atoms with Crippen molar-refractivity contribution in [3.63, 3.8) is 0 Å². The normalized spacial score (nSPS) is 8.12. The number of carbonyl (C=O) groups is 1. The van der Waals surface area contributed by atoms with Crippen molar-refractivity contribution in [2.75, 3.05) is 0 Å². The van der Waals surface area contributed by atoms with Crippen molar-refractivity contribution in [2.45, 2.75) is 0 Å². The van der Waals surface area contributed by atoms with E-state index in [4.69, 9.17) is 5.21 Å². The average Bonchev–Trinajstić information content (AvgIpc) is 1.67. The van der Waals surface area contributed by atoms with E-state index in [-0.39, 0.29) is 0 Å². The van der Waals surface area contributed by atoms with Crippen LogP contribution in [0.2, 0.25) is 0 Å². The molecule has 0 fully saturated rings. The van der Waals surface area contributed by atoms with Crippen molar-refractivity contribution in [3.8, 4) is 0 Å². The minimum absolute atomic E-state index is 0.858. The Bertz CT molecular complexity index is 109. The van der Waals surface area contributed by atoms with Crippen LogP contribution in [0.4, 0.5) is 4.79 Å². The van der Waals surface area contributed by atoms with Gasteiger partial charge in [0.2, 0.25) is 0 Å². The summed E-state index contributed by atoms with van der Waals surface area (Å²) in [6.45, 7) is 0. The van der Waals surface area contributed by atoms with Crippen LogP contribution in [0.15, 0.2) is 0 Å². The van der Waals surface area contributed by atoms with Gasteiger partial charge in [0.05, 0.1) is 0 Å². The maximum absolute atomic E-state index is 9.60. The first-order valence-corrected chi connectivity index (χ1v) is 1.42. The monoisotopic (exact) mass is 122 g/mol. The molecule has 0 spiro atoms. The molecule has 0 rings (SSSR count). The van der Waals surface area contributed by atoms with Gasteiger partial charge in [-0.2, -0.15) is 4.79 Å². The second kappa shape index (κ2) is 2.88. The minimum atomic E-state index is -1.76. The van der Waals surface area contributed by atoms with E-state index < -0.39 is 11.0 Å². The second-order valence-electron chi connectivity index (χ2n) is 0.716. The lowest BCUT2D eigenvalue weighted by Gasteiger charge is -1.87. The van der Waals surface area contributed by atoms with E-state index in [1.165, 1.54) is 0 Å². The molecule has 0 aliphatic carbocycles. The lowest BCUT2D eigenvalue weighted by Crippen LogP contribution is -2.20. The zero-order valence-electron chi connectivity index (χ0n) is 3.53. The van der Waals surface area contributed by atoms with E-state index in [2.05, 4.69) is 4.84 Å². The van der Waals surface area contributed by atoms with Crippen LogP contribution in [0.25, 0.3) is 0 Å². The second-order valence-corrected chi connectivity index (χ2v) is 0.716. The van der Waals surface area contributed by atoms with Crippen molar-refractivity contribution < 1.29 is 19.8 Å². The summed E-state index contributed by atoms with van der Waals surface area (Å²) in [5.74, 6) is 0. The number of hydrogen-bond donors (Lipinski definition) is 2. The van der Waals surface area contributed by atoms with Gasteiger partial charge in [-0.05, 0) is 5.64 Å². The molecule has 0 aliphatic rings. The highest BCUT2D eigenvalue weighted by molar-refractivity contribution is 5.56. The number of hydrogen-bond acceptors (Lipinski definition) is 6. The van der Waals surface area contributed by atoms with Crippen LogP contribution < -0.4 is 5.64 Å². The van der Waals surface area contributed by atoms with Crippen LogP contribution in [0.3, 0.4) is 0 Å². The fraction of sp³-hybridized carbons (Fsp3) is 0. The molecule has 2 N–H and O–H groups in total. The molecule has 0 aromatic carbocycles. The van der Waals surface area contributed by atoms with Crippen molar-refractivity contribution in [1.82, 2.24) is 5.64 Å². The molecule has 0 radical (unpaired) electrons. The van der Waals surface area contributed by atoms with Crippen LogP contribution >= 0.6 is 0 Å². The van der Waals surface area contributed by atoms with Gasteiger partial charge in [0.15, 0.2) is 0 Å². The number of nitrogens with zero attached hydrogens (tertiary/aromatic N) is 1. The van der Waals surface area contributed by atoms with Gasteiger partial charge < -0.3 is 0 Å². The lowest BCUT2D eigenvalue weighted by atomic mass is 11.3. The van der Waals surface area contributed by atoms with Crippen molar-refractivity contribution >= 4 is 6.09 Å². The van der Waals surface area contributed by atoms with E-state index >= 15 is 0 Å². The maximum atomic E-state index is 9.60. The molecule has 0 saturated heterocycles. The molecule has 0 atom stereocenters. The van der Waals surface area contributed by atoms with Crippen molar-refractivity contribution in [2.24, 2.45) is 0 Å². The molecule has 0 unspecified atom stereocenters. The largest absolute Gasteiger partial charge is 0.678 e. The maximum Gasteiger partial charge on any atom is 0.678 e. The number of rotatable bonds is 1. The third-order valence-electron chi connectivity index (χ3n) is 0.282. The van der Waals surface area contributed by atoms with Crippen LogP contribution in [-0.4, -0.2) is 16.2 Å². The summed E-state index contributed by atoms with van der Waals surface area (Å²) in [7, 11) is 0. The number of amides is 1. The summed E-state index contributed by atoms with van der Waals surface area (Å²) >= 11 is 0. The fourth-order valence-electron chi connectivity index (χ4n) is 0.0763. The summed E-state index contributed by atoms with van der Waals surface area (Å²) in [5, 5.41) is 16.8. The van der Waals surface area contributed by atoms with Gasteiger partial charge in [0.1, 0.15) is 4.92 Å². The van der Waals surface area contributed by atoms with Crippen molar-refractivity contribution in [1.29, 1.82) is 0 Å². The van der Waals surface area contributed by atoms with E-state index in [0.717, 1.165) is 5.64 Å². The molecule has 0 saturated carbocycles. The zero-order chi connectivity index (χ0) is 6.57. The predicted octanol–water partition coefficient (Wildman–Crippen LogP) is -0.706. The Morgan fingerprint density at radius 1 is 1.88 bits per heavy atom. The van der Waals surface area contributed by atoms with E-state index in [0.29, 0.717) is 0 Å². The van der Waals surface area contributed by atoms with Gasteiger partial charge in [-0.25, -0.2) is 0 Å². The topological polar surface area (TPSA) is 102 Å². The SMILES string of the molecule is O=C(ONO)[N+](=O)[O-]. The van der Waals surface area contributed by atoms with Gasteiger partial charge in [0.25, 0.3) is 0 Å². The minimum Gasteiger partial charge on any atom is -0.285 e. The van der Waals surface area contributed by atoms with Gasteiger partial charge in [0, 0.05) is 0 Å². The third-order valence-corrected chi connectivity index (χ3v) is 0.282. The number of nitro groups is 1. The highest BCUT2D eigenvalue weighted by Gasteiger charge is 2.15. The first-order chi connectivity index (χ1) is 3.68. The summed E-state index contributed by atoms with van der Waals surface area (Å²) < 4.78 is 0. The van der Waals surface area contributed by atoms with E-state index in [1.807, 2.05) is 0 Å². The quantitative estimate of drug-likeness (QED) is 0.352. The van der Waals surface area contributed by atoms with E-state index in [9.17, 15) is 14.9 Å². The number of nitrogens with one attached hydrogen (secondary N) is 1. The molecule has 0 heterocycles. The molecule has 0 aromatic heterocycles. The molecule has 0 aromatic rings. The Labute approximate surface area is 42.9 Å². The number of carbonyl (C=O) groups excluding carboxylic acids is 1. The molecule has 7 heteroatoms. The van der Waals surface area contributed by atoms with Crippen LogP contribution in [0.5, 0.6) is 0 Å². The van der Waals surface area contributed by atoms with Gasteiger partial charge in [-0.1, -0.05) is 0 Å². The molecule has 1 amide bonds. The Morgan fingerprint density at radius 3 is 2.50 bits per heavy atom. The Morgan fingerprint density at radius 2 is 2.38 bits per heavy atom. The molecular formula is CH2N2O5. The van der Waals surface area contributed by atoms with Gasteiger partial charge in [-0.3, -0.25) is 20.2 Å². The van der Waals surface area contributed by atoms with Crippen molar-refractivity contribution in [3.05, 3.63) is 10.1 Å². The standard InChI is InChI=1S/CH2N2O5/c4-1(3(6)7)8-2-5/h2,5H. The zero-order valence-corrected chi connectivity index (χ0v) is 3.53. The molecule has 46 valence electrons. The van der Waals surface area contributed by atoms with Crippen LogP contribution in [0.1, 0.15) is 0 Å². The van der Waals surface area contributed by atoms with Gasteiger partial charge >= 0.3 is 6.09 Å². The lowest BCUT2D eigenvalue weighted by molar-refractivity contribution is -0.406. The van der Waals surface area contributed by atoms with Crippen LogP contribution in [-0.2, 0) is 4.84 Å². The molecule has 8 heavy (non-hydrogen) atoms. The fourth-order valence-corrected chi connectivity index (χ4v) is 0.0763. The highest BCUT2D eigenvalue weighted by Crippen LogP contribution is 1.74. The molecular weight excluding hydrogens is 120 g/mol. The molecule has 0 aliphatic heterocycles. The van der Waals surface area contributed by atoms with Gasteiger partial charge in [-0.15, -0.1) is 0 Å². The van der Waals surface area contributed by atoms with E-state index in [1.54, 1.807) is 0 Å².